The molecule has 1 aliphatic rings. The van der Waals surface area contributed by atoms with Crippen LogP contribution in [0.2, 0.25) is 0 Å². The van der Waals surface area contributed by atoms with Crippen molar-refractivity contribution in [3.05, 3.63) is 0 Å². The Morgan fingerprint density at radius 3 is 2.19 bits per heavy atom. The summed E-state index contributed by atoms with van der Waals surface area (Å²) in [6, 6.07) is -2.93. The molecule has 9 nitrogen and oxygen atoms in total. The lowest BCUT2D eigenvalue weighted by Crippen LogP contribution is -2.56. The molecule has 0 aliphatic heterocycles. The second-order valence-electron chi connectivity index (χ2n) is 7.17. The average Bonchev–Trinajstić information content (AvgIpc) is 2.54. The highest BCUT2D eigenvalue weighted by Crippen LogP contribution is 2.31. The molecule has 1 fully saturated rings. The first kappa shape index (κ1) is 21.9. The van der Waals surface area contributed by atoms with Gasteiger partial charge in [-0.3, -0.25) is 14.4 Å². The monoisotopic (exact) mass is 371 g/mol. The van der Waals surface area contributed by atoms with Gasteiger partial charge in [-0.15, -0.1) is 0 Å². The number of carbonyl (C=O) groups is 4. The Hall–Kier alpha value is -2.16. The normalized spacial score (nSPS) is 24.9. The Kier molecular flexibility index (Phi) is 8.01. The molecule has 1 aliphatic carbocycles. The van der Waals surface area contributed by atoms with E-state index in [0.29, 0.717) is 0 Å². The quantitative estimate of drug-likeness (QED) is 0.413. The smallest absolute Gasteiger partial charge is 0.338 e. The number of nitrogens with zero attached hydrogens (tertiary/aromatic N) is 1. The first-order valence-electron chi connectivity index (χ1n) is 8.74. The molecule has 26 heavy (non-hydrogen) atoms. The number of rotatable bonds is 7. The third kappa shape index (κ3) is 5.98. The number of nitrogens with two attached hydrogens (primary N) is 1. The minimum absolute atomic E-state index is 0.155. The van der Waals surface area contributed by atoms with E-state index in [1.165, 1.54) is 14.1 Å². The molecule has 3 unspecified atom stereocenters. The van der Waals surface area contributed by atoms with Crippen molar-refractivity contribution in [1.29, 1.82) is 0 Å². The van der Waals surface area contributed by atoms with E-state index in [-0.39, 0.29) is 17.9 Å². The van der Waals surface area contributed by atoms with Crippen molar-refractivity contribution in [2.24, 2.45) is 17.6 Å². The Morgan fingerprint density at radius 2 is 1.73 bits per heavy atom. The lowest BCUT2D eigenvalue weighted by molar-refractivity contribution is -0.164. The van der Waals surface area contributed by atoms with Crippen molar-refractivity contribution in [1.82, 2.24) is 10.2 Å². The number of amides is 2. The number of likely N-dealkylation sites (N-methyl/N-ethyl adjacent to an activating group) is 1. The van der Waals surface area contributed by atoms with Gasteiger partial charge in [0.05, 0.1) is 12.5 Å². The van der Waals surface area contributed by atoms with Gasteiger partial charge in [0, 0.05) is 14.1 Å². The predicted octanol–water partition coefficient (Wildman–Crippen LogP) is -0.271. The van der Waals surface area contributed by atoms with Crippen LogP contribution in [0.3, 0.4) is 0 Å². The highest BCUT2D eigenvalue weighted by Gasteiger charge is 2.37. The van der Waals surface area contributed by atoms with Crippen LogP contribution in [0.25, 0.3) is 0 Å². The van der Waals surface area contributed by atoms with E-state index in [9.17, 15) is 19.2 Å². The summed E-state index contributed by atoms with van der Waals surface area (Å²) in [7, 11) is 2.88. The summed E-state index contributed by atoms with van der Waals surface area (Å²) in [6.07, 6.45) is 1.95. The van der Waals surface area contributed by atoms with Gasteiger partial charge >= 0.3 is 11.9 Å². The SMILES string of the molecule is CC1CCCC(C)C1OC(=O)C(NC(=O)[C@@H](N)CC(=O)O)C(=O)N(C)C. The topological polar surface area (TPSA) is 139 Å². The van der Waals surface area contributed by atoms with E-state index in [1.54, 1.807) is 0 Å². The number of carboxylic acid groups (broad SMARTS) is 1. The van der Waals surface area contributed by atoms with Gasteiger partial charge in [0.2, 0.25) is 11.9 Å². The van der Waals surface area contributed by atoms with Crippen molar-refractivity contribution in [3.8, 4) is 0 Å². The lowest BCUT2D eigenvalue weighted by Gasteiger charge is -2.35. The molecule has 4 atom stereocenters. The maximum atomic E-state index is 12.6. The molecular formula is C17H29N3O6. The highest BCUT2D eigenvalue weighted by molar-refractivity contribution is 6.05. The summed E-state index contributed by atoms with van der Waals surface area (Å²) in [5.74, 6) is -3.36. The van der Waals surface area contributed by atoms with Crippen LogP contribution >= 0.6 is 0 Å². The fourth-order valence-electron chi connectivity index (χ4n) is 3.10. The third-order valence-electron chi connectivity index (χ3n) is 4.63. The number of carboxylic acids is 1. The summed E-state index contributed by atoms with van der Waals surface area (Å²) in [5.41, 5.74) is 5.50. The number of aliphatic carboxylic acids is 1. The second kappa shape index (κ2) is 9.51. The number of hydrogen-bond acceptors (Lipinski definition) is 6. The van der Waals surface area contributed by atoms with E-state index in [1.807, 2.05) is 13.8 Å². The van der Waals surface area contributed by atoms with Crippen LogP contribution in [0.1, 0.15) is 39.5 Å². The number of carbonyl (C=O) groups excluding carboxylic acids is 3. The van der Waals surface area contributed by atoms with Gasteiger partial charge < -0.3 is 25.8 Å². The van der Waals surface area contributed by atoms with Gasteiger partial charge in [0.15, 0.2) is 0 Å². The Balaban J connectivity index is 2.88. The van der Waals surface area contributed by atoms with Crippen LogP contribution in [-0.4, -0.2) is 66.0 Å². The molecule has 0 aromatic rings. The van der Waals surface area contributed by atoms with Crippen LogP contribution in [0.4, 0.5) is 0 Å². The fourth-order valence-corrected chi connectivity index (χ4v) is 3.10. The zero-order valence-electron chi connectivity index (χ0n) is 15.7. The van der Waals surface area contributed by atoms with Crippen LogP contribution in [0.15, 0.2) is 0 Å². The Bertz CT molecular complexity index is 541. The first-order chi connectivity index (χ1) is 12.0. The maximum absolute atomic E-state index is 12.6. The number of nitrogens with one attached hydrogen (secondary N) is 1. The predicted molar refractivity (Wildman–Crippen MR) is 92.9 cm³/mol. The third-order valence-corrected chi connectivity index (χ3v) is 4.63. The zero-order valence-corrected chi connectivity index (χ0v) is 15.7. The van der Waals surface area contributed by atoms with E-state index in [2.05, 4.69) is 5.32 Å². The van der Waals surface area contributed by atoms with Gasteiger partial charge in [0.1, 0.15) is 6.10 Å². The van der Waals surface area contributed by atoms with E-state index in [0.717, 1.165) is 24.2 Å². The summed E-state index contributed by atoms with van der Waals surface area (Å²) >= 11 is 0. The minimum Gasteiger partial charge on any atom is -0.481 e. The lowest BCUT2D eigenvalue weighted by atomic mass is 9.80. The molecule has 4 N–H and O–H groups in total. The van der Waals surface area contributed by atoms with Crippen molar-refractivity contribution >= 4 is 23.8 Å². The van der Waals surface area contributed by atoms with E-state index >= 15 is 0 Å². The molecule has 0 aromatic heterocycles. The van der Waals surface area contributed by atoms with Crippen molar-refractivity contribution < 1.29 is 29.0 Å². The maximum Gasteiger partial charge on any atom is 0.338 e. The van der Waals surface area contributed by atoms with Gasteiger partial charge in [-0.25, -0.2) is 4.79 Å². The van der Waals surface area contributed by atoms with Gasteiger partial charge in [-0.1, -0.05) is 20.3 Å². The summed E-state index contributed by atoms with van der Waals surface area (Å²) < 4.78 is 5.55. The van der Waals surface area contributed by atoms with E-state index in [4.69, 9.17) is 15.6 Å². The van der Waals surface area contributed by atoms with Gasteiger partial charge in [-0.2, -0.15) is 0 Å². The first-order valence-corrected chi connectivity index (χ1v) is 8.74. The van der Waals surface area contributed by atoms with Crippen molar-refractivity contribution in [2.75, 3.05) is 14.1 Å². The standard InChI is InChI=1S/C17H29N3O6/c1-9-6-5-7-10(2)14(9)26-17(25)13(16(24)20(3)4)19-15(23)11(18)8-12(21)22/h9-11,13-14H,5-8,18H2,1-4H3,(H,19,23)(H,21,22)/t9?,10?,11-,13?,14?/m0/s1. The average molecular weight is 371 g/mol. The molecule has 0 saturated heterocycles. The molecule has 0 spiro atoms. The van der Waals surface area contributed by atoms with Crippen LogP contribution < -0.4 is 11.1 Å². The molecule has 1 saturated carbocycles. The molecule has 148 valence electrons. The summed E-state index contributed by atoms with van der Waals surface area (Å²) in [6.45, 7) is 3.97. The zero-order chi connectivity index (χ0) is 20.0. The summed E-state index contributed by atoms with van der Waals surface area (Å²) in [4.78, 5) is 48.8. The molecule has 0 heterocycles. The number of hydrogen-bond donors (Lipinski definition) is 3. The van der Waals surface area contributed by atoms with Gasteiger partial charge in [0.25, 0.3) is 5.91 Å². The molecular weight excluding hydrogens is 342 g/mol. The van der Waals surface area contributed by atoms with Crippen molar-refractivity contribution in [2.45, 2.75) is 57.7 Å². The molecule has 0 radical (unpaired) electrons. The Morgan fingerprint density at radius 1 is 1.19 bits per heavy atom. The highest BCUT2D eigenvalue weighted by atomic mass is 16.5. The summed E-state index contributed by atoms with van der Waals surface area (Å²) in [5, 5.41) is 11.0. The molecule has 0 bridgehead atoms. The second-order valence-corrected chi connectivity index (χ2v) is 7.17. The fraction of sp³-hybridized carbons (Fsp3) is 0.765. The van der Waals surface area contributed by atoms with Crippen molar-refractivity contribution in [3.63, 3.8) is 0 Å². The van der Waals surface area contributed by atoms with Crippen LogP contribution in [0.5, 0.6) is 0 Å². The van der Waals surface area contributed by atoms with Gasteiger partial charge in [-0.05, 0) is 24.7 Å². The minimum atomic E-state index is -1.56. The van der Waals surface area contributed by atoms with Crippen LogP contribution in [0, 0.1) is 11.8 Å². The largest absolute Gasteiger partial charge is 0.481 e. The molecule has 9 heteroatoms. The molecule has 1 rings (SSSR count). The molecule has 2 amide bonds. The molecule has 0 aromatic carbocycles. The van der Waals surface area contributed by atoms with E-state index < -0.39 is 42.3 Å². The van der Waals surface area contributed by atoms with Crippen LogP contribution in [-0.2, 0) is 23.9 Å². The number of esters is 1. The number of ether oxygens (including phenoxy) is 1. The Labute approximate surface area is 153 Å².